The lowest BCUT2D eigenvalue weighted by Crippen LogP contribution is -2.37. The second-order valence-corrected chi connectivity index (χ2v) is 8.62. The molecule has 3 aromatic rings. The van der Waals surface area contributed by atoms with E-state index in [1.54, 1.807) is 12.1 Å². The van der Waals surface area contributed by atoms with Crippen LogP contribution >= 0.6 is 11.3 Å². The van der Waals surface area contributed by atoms with E-state index < -0.39 is 0 Å². The Bertz CT molecular complexity index is 1100. The Morgan fingerprint density at radius 3 is 2.42 bits per heavy atom. The van der Waals surface area contributed by atoms with Crippen molar-refractivity contribution < 1.29 is 9.59 Å². The minimum absolute atomic E-state index is 0.143. The summed E-state index contributed by atoms with van der Waals surface area (Å²) in [5, 5.41) is 7.88. The zero-order valence-corrected chi connectivity index (χ0v) is 19.2. The first-order valence-electron chi connectivity index (χ1n) is 10.4. The molecule has 0 radical (unpaired) electrons. The molecule has 0 aliphatic rings. The van der Waals surface area contributed by atoms with Gasteiger partial charge >= 0.3 is 0 Å². The molecule has 0 unspecified atom stereocenters. The van der Waals surface area contributed by atoms with Gasteiger partial charge in [0.15, 0.2) is 0 Å². The van der Waals surface area contributed by atoms with Crippen molar-refractivity contribution >= 4 is 29.2 Å². The van der Waals surface area contributed by atoms with E-state index in [0.29, 0.717) is 5.56 Å². The number of hydrogen-bond donors (Lipinski definition) is 2. The van der Waals surface area contributed by atoms with Gasteiger partial charge in [0.2, 0.25) is 0 Å². The van der Waals surface area contributed by atoms with Gasteiger partial charge in [-0.25, -0.2) is 0 Å². The highest BCUT2D eigenvalue weighted by atomic mass is 32.1. The molecule has 4 nitrogen and oxygen atoms in total. The predicted octanol–water partition coefficient (Wildman–Crippen LogP) is 5.71. The molecule has 0 aliphatic heterocycles. The maximum absolute atomic E-state index is 13.3. The number of aryl methyl sites for hydroxylation is 3. The summed E-state index contributed by atoms with van der Waals surface area (Å²) in [6.07, 6.45) is 2.47. The third-order valence-corrected chi connectivity index (χ3v) is 6.05. The second-order valence-electron chi connectivity index (χ2n) is 7.64. The van der Waals surface area contributed by atoms with Gasteiger partial charge in [-0.3, -0.25) is 9.59 Å². The van der Waals surface area contributed by atoms with Gasteiger partial charge in [0.05, 0.1) is 6.04 Å². The van der Waals surface area contributed by atoms with Gasteiger partial charge < -0.3 is 10.6 Å². The first-order valence-corrected chi connectivity index (χ1v) is 11.3. The van der Waals surface area contributed by atoms with E-state index in [9.17, 15) is 9.59 Å². The SMILES string of the molecule is CC[C@@H](NC(=O)/C(=C/c1cccs1)NC(=O)c1ccccc1C)c1ccc(C)cc1C. The molecule has 0 saturated carbocycles. The third kappa shape index (κ3) is 5.70. The van der Waals surface area contributed by atoms with E-state index in [1.807, 2.05) is 49.6 Å². The molecule has 1 heterocycles. The molecule has 3 rings (SSSR count). The minimum Gasteiger partial charge on any atom is -0.344 e. The Kier molecular flexibility index (Phi) is 7.42. The van der Waals surface area contributed by atoms with Crippen LogP contribution in [-0.4, -0.2) is 11.8 Å². The lowest BCUT2D eigenvalue weighted by Gasteiger charge is -2.21. The first-order chi connectivity index (χ1) is 14.9. The zero-order valence-electron chi connectivity index (χ0n) is 18.4. The van der Waals surface area contributed by atoms with E-state index in [-0.39, 0.29) is 23.6 Å². The summed E-state index contributed by atoms with van der Waals surface area (Å²) in [5.74, 6) is -0.599. The lowest BCUT2D eigenvalue weighted by molar-refractivity contribution is -0.118. The molecule has 2 N–H and O–H groups in total. The highest BCUT2D eigenvalue weighted by Gasteiger charge is 2.20. The Labute approximate surface area is 188 Å². The average Bonchev–Trinajstić information content (AvgIpc) is 3.25. The van der Waals surface area contributed by atoms with Gasteiger partial charge in [0.1, 0.15) is 5.70 Å². The number of carbonyl (C=O) groups is 2. The van der Waals surface area contributed by atoms with Crippen LogP contribution in [0.1, 0.15) is 56.9 Å². The largest absolute Gasteiger partial charge is 0.344 e. The van der Waals surface area contributed by atoms with Gasteiger partial charge in [-0.15, -0.1) is 11.3 Å². The van der Waals surface area contributed by atoms with Gasteiger partial charge in [-0.2, -0.15) is 0 Å². The van der Waals surface area contributed by atoms with Crippen LogP contribution in [-0.2, 0) is 4.79 Å². The van der Waals surface area contributed by atoms with Crippen LogP contribution in [0.25, 0.3) is 6.08 Å². The fraction of sp³-hybridized carbons (Fsp3) is 0.231. The normalized spacial score (nSPS) is 12.3. The third-order valence-electron chi connectivity index (χ3n) is 5.23. The molecule has 0 spiro atoms. The second kappa shape index (κ2) is 10.2. The van der Waals surface area contributed by atoms with E-state index in [1.165, 1.54) is 16.9 Å². The monoisotopic (exact) mass is 432 g/mol. The Morgan fingerprint density at radius 2 is 1.77 bits per heavy atom. The molecule has 0 fully saturated rings. The molecule has 0 bridgehead atoms. The van der Waals surface area contributed by atoms with Crippen LogP contribution < -0.4 is 10.6 Å². The minimum atomic E-state index is -0.304. The molecule has 0 saturated heterocycles. The number of nitrogens with one attached hydrogen (secondary N) is 2. The van der Waals surface area contributed by atoms with E-state index in [4.69, 9.17) is 0 Å². The van der Waals surface area contributed by atoms with Gasteiger partial charge in [0, 0.05) is 10.4 Å². The fourth-order valence-corrected chi connectivity index (χ4v) is 4.20. The van der Waals surface area contributed by atoms with Crippen LogP contribution in [0.3, 0.4) is 0 Å². The molecule has 0 aliphatic carbocycles. The van der Waals surface area contributed by atoms with E-state index >= 15 is 0 Å². The number of amides is 2. The molecule has 31 heavy (non-hydrogen) atoms. The van der Waals surface area contributed by atoms with Crippen LogP contribution in [0.4, 0.5) is 0 Å². The predicted molar refractivity (Wildman–Crippen MR) is 128 cm³/mol. The van der Waals surface area contributed by atoms with Crippen molar-refractivity contribution in [1.82, 2.24) is 10.6 Å². The summed E-state index contributed by atoms with van der Waals surface area (Å²) in [4.78, 5) is 27.0. The smallest absolute Gasteiger partial charge is 0.268 e. The number of benzene rings is 2. The van der Waals surface area contributed by atoms with E-state index in [2.05, 4.69) is 42.7 Å². The van der Waals surface area contributed by atoms with Crippen LogP contribution in [0, 0.1) is 20.8 Å². The highest BCUT2D eigenvalue weighted by Crippen LogP contribution is 2.22. The highest BCUT2D eigenvalue weighted by molar-refractivity contribution is 7.10. The van der Waals surface area contributed by atoms with Crippen molar-refractivity contribution in [2.24, 2.45) is 0 Å². The van der Waals surface area contributed by atoms with Gasteiger partial charge in [-0.1, -0.05) is 55.0 Å². The fourth-order valence-electron chi connectivity index (χ4n) is 3.54. The summed E-state index contributed by atoms with van der Waals surface area (Å²) in [7, 11) is 0. The zero-order chi connectivity index (χ0) is 22.4. The maximum atomic E-state index is 13.3. The van der Waals surface area contributed by atoms with Crippen molar-refractivity contribution in [2.75, 3.05) is 0 Å². The van der Waals surface area contributed by atoms with Gasteiger partial charge in [0.25, 0.3) is 11.8 Å². The van der Waals surface area contributed by atoms with Crippen molar-refractivity contribution in [3.8, 4) is 0 Å². The van der Waals surface area contributed by atoms with Gasteiger partial charge in [-0.05, 0) is 67.5 Å². The van der Waals surface area contributed by atoms with Crippen molar-refractivity contribution in [3.63, 3.8) is 0 Å². The molecule has 5 heteroatoms. The molecular weight excluding hydrogens is 404 g/mol. The Hall–Kier alpha value is -3.18. The van der Waals surface area contributed by atoms with Crippen molar-refractivity contribution in [3.05, 3.63) is 98.4 Å². The summed E-state index contributed by atoms with van der Waals surface area (Å²) >= 11 is 1.51. The topological polar surface area (TPSA) is 58.2 Å². The number of rotatable bonds is 7. The molecule has 1 aromatic heterocycles. The van der Waals surface area contributed by atoms with E-state index in [0.717, 1.165) is 28.0 Å². The summed E-state index contributed by atoms with van der Waals surface area (Å²) < 4.78 is 0. The molecule has 2 amide bonds. The van der Waals surface area contributed by atoms with Crippen molar-refractivity contribution in [2.45, 2.75) is 40.2 Å². The summed E-state index contributed by atoms with van der Waals surface area (Å²) in [6, 6.07) is 17.3. The number of carbonyl (C=O) groups excluding carboxylic acids is 2. The number of hydrogen-bond acceptors (Lipinski definition) is 3. The first kappa shape index (κ1) is 22.5. The maximum Gasteiger partial charge on any atom is 0.268 e. The summed E-state index contributed by atoms with van der Waals surface area (Å²) in [6.45, 7) is 8.03. The van der Waals surface area contributed by atoms with Crippen LogP contribution in [0.15, 0.2) is 65.7 Å². The standard InChI is InChI=1S/C26H28N2O2S/c1-5-23(21-13-12-17(2)15-19(21)4)27-26(30)24(16-20-10-8-14-31-20)28-25(29)22-11-7-6-9-18(22)3/h6-16,23H,5H2,1-4H3,(H,27,30)(H,28,29)/b24-16-/t23-/m1/s1. The lowest BCUT2D eigenvalue weighted by atomic mass is 9.97. The molecule has 1 atom stereocenters. The summed E-state index contributed by atoms with van der Waals surface area (Å²) in [5.41, 5.74) is 5.05. The van der Waals surface area contributed by atoms with Crippen molar-refractivity contribution in [1.29, 1.82) is 0 Å². The average molecular weight is 433 g/mol. The Balaban J connectivity index is 1.87. The number of thiophene rings is 1. The quantitative estimate of drug-likeness (QED) is 0.470. The Morgan fingerprint density at radius 1 is 1.00 bits per heavy atom. The molecule has 160 valence electrons. The molecular formula is C26H28N2O2S. The van der Waals surface area contributed by atoms with Crippen LogP contribution in [0.2, 0.25) is 0 Å². The molecule has 2 aromatic carbocycles. The van der Waals surface area contributed by atoms with Crippen LogP contribution in [0.5, 0.6) is 0 Å².